The second kappa shape index (κ2) is 5.55. The average Bonchev–Trinajstić information content (AvgIpc) is 2.86. The van der Waals surface area contributed by atoms with Gasteiger partial charge in [-0.1, -0.05) is 0 Å². The highest BCUT2D eigenvalue weighted by Gasteiger charge is 2.25. The largest absolute Gasteiger partial charge is 0.317 e. The molecule has 1 atom stereocenters. The van der Waals surface area contributed by atoms with Gasteiger partial charge in [0.05, 0.1) is 0 Å². The summed E-state index contributed by atoms with van der Waals surface area (Å²) in [5.41, 5.74) is 2.40. The van der Waals surface area contributed by atoms with Crippen molar-refractivity contribution < 1.29 is 0 Å². The summed E-state index contributed by atoms with van der Waals surface area (Å²) in [4.78, 5) is 12.0. The number of aryl methyl sites for hydroxylation is 1. The molecule has 0 spiro atoms. The lowest BCUT2D eigenvalue weighted by atomic mass is 9.96. The Morgan fingerprint density at radius 2 is 1.95 bits per heavy atom. The van der Waals surface area contributed by atoms with Crippen molar-refractivity contribution in [2.45, 2.75) is 38.0 Å². The van der Waals surface area contributed by atoms with Crippen LogP contribution in [0.3, 0.4) is 0 Å². The third-order valence-electron chi connectivity index (χ3n) is 4.41. The van der Waals surface area contributed by atoms with Crippen LogP contribution >= 0.6 is 0 Å². The summed E-state index contributed by atoms with van der Waals surface area (Å²) in [6.45, 7) is 6.64. The predicted octanol–water partition coefficient (Wildman–Crippen LogP) is 1.67. The number of hydrogen-bond donors (Lipinski definition) is 1. The van der Waals surface area contributed by atoms with Crippen LogP contribution in [0.2, 0.25) is 0 Å². The molecule has 0 radical (unpaired) electrons. The standard InChI is InChI=1S/C15H24N4/c1-11-9-14(13-5-8-19(2)10-13)18-15(17-11)12-3-6-16-7-4-12/h9,12-13,16H,3-8,10H2,1-2H3. The summed E-state index contributed by atoms with van der Waals surface area (Å²) in [5.74, 6) is 2.25. The van der Waals surface area contributed by atoms with E-state index in [4.69, 9.17) is 9.97 Å². The fraction of sp³-hybridized carbons (Fsp3) is 0.733. The Bertz CT molecular complexity index is 417. The van der Waals surface area contributed by atoms with Crippen LogP contribution in [0.25, 0.3) is 0 Å². The molecule has 1 aromatic rings. The number of nitrogens with zero attached hydrogens (tertiary/aromatic N) is 3. The van der Waals surface area contributed by atoms with Crippen molar-refractivity contribution in [2.75, 3.05) is 33.2 Å². The molecule has 19 heavy (non-hydrogen) atoms. The molecule has 1 N–H and O–H groups in total. The van der Waals surface area contributed by atoms with Crippen molar-refractivity contribution in [3.8, 4) is 0 Å². The number of likely N-dealkylation sites (N-methyl/N-ethyl adjacent to an activating group) is 1. The predicted molar refractivity (Wildman–Crippen MR) is 76.5 cm³/mol. The quantitative estimate of drug-likeness (QED) is 0.878. The monoisotopic (exact) mass is 260 g/mol. The number of rotatable bonds is 2. The molecule has 0 aromatic carbocycles. The van der Waals surface area contributed by atoms with Gasteiger partial charge >= 0.3 is 0 Å². The van der Waals surface area contributed by atoms with Gasteiger partial charge in [-0.25, -0.2) is 9.97 Å². The van der Waals surface area contributed by atoms with Crippen molar-refractivity contribution in [3.05, 3.63) is 23.3 Å². The van der Waals surface area contributed by atoms with Gasteiger partial charge in [0.25, 0.3) is 0 Å². The van der Waals surface area contributed by atoms with Crippen molar-refractivity contribution >= 4 is 0 Å². The van der Waals surface area contributed by atoms with Gasteiger partial charge in [-0.3, -0.25) is 0 Å². The maximum atomic E-state index is 4.91. The second-order valence-electron chi connectivity index (χ2n) is 6.06. The van der Waals surface area contributed by atoms with Gasteiger partial charge in [-0.2, -0.15) is 0 Å². The average molecular weight is 260 g/mol. The minimum Gasteiger partial charge on any atom is -0.317 e. The molecular formula is C15H24N4. The van der Waals surface area contributed by atoms with Gasteiger partial charge in [-0.15, -0.1) is 0 Å². The Hall–Kier alpha value is -1.00. The fourth-order valence-electron chi connectivity index (χ4n) is 3.26. The topological polar surface area (TPSA) is 41.1 Å². The minimum atomic E-state index is 0.555. The van der Waals surface area contributed by atoms with E-state index in [1.807, 2.05) is 0 Å². The highest BCUT2D eigenvalue weighted by Crippen LogP contribution is 2.28. The maximum Gasteiger partial charge on any atom is 0.132 e. The molecule has 2 aliphatic rings. The lowest BCUT2D eigenvalue weighted by Gasteiger charge is -2.22. The number of hydrogen-bond acceptors (Lipinski definition) is 4. The first-order valence-electron chi connectivity index (χ1n) is 7.47. The molecule has 1 unspecified atom stereocenters. The van der Waals surface area contributed by atoms with Crippen molar-refractivity contribution in [3.63, 3.8) is 0 Å². The Kier molecular flexibility index (Phi) is 3.80. The van der Waals surface area contributed by atoms with Crippen molar-refractivity contribution in [1.29, 1.82) is 0 Å². The van der Waals surface area contributed by atoms with Gasteiger partial charge in [0.2, 0.25) is 0 Å². The molecule has 0 saturated carbocycles. The zero-order valence-corrected chi connectivity index (χ0v) is 12.0. The zero-order valence-electron chi connectivity index (χ0n) is 12.0. The van der Waals surface area contributed by atoms with E-state index in [1.165, 1.54) is 31.5 Å². The van der Waals surface area contributed by atoms with Crippen LogP contribution in [-0.4, -0.2) is 48.1 Å². The fourth-order valence-corrected chi connectivity index (χ4v) is 3.26. The van der Waals surface area contributed by atoms with Crippen LogP contribution < -0.4 is 5.32 Å². The third kappa shape index (κ3) is 2.95. The number of nitrogens with one attached hydrogen (secondary N) is 1. The second-order valence-corrected chi connectivity index (χ2v) is 6.06. The van der Waals surface area contributed by atoms with Crippen LogP contribution in [0, 0.1) is 6.92 Å². The molecule has 4 heteroatoms. The van der Waals surface area contributed by atoms with E-state index in [2.05, 4.69) is 30.3 Å². The van der Waals surface area contributed by atoms with E-state index in [0.29, 0.717) is 11.8 Å². The summed E-state index contributed by atoms with van der Waals surface area (Å²) in [6.07, 6.45) is 3.58. The van der Waals surface area contributed by atoms with E-state index in [0.717, 1.165) is 31.2 Å². The molecule has 2 fully saturated rings. The van der Waals surface area contributed by atoms with E-state index in [1.54, 1.807) is 0 Å². The molecule has 0 aliphatic carbocycles. The van der Waals surface area contributed by atoms with Crippen molar-refractivity contribution in [2.24, 2.45) is 0 Å². The van der Waals surface area contributed by atoms with E-state index in [9.17, 15) is 0 Å². The molecule has 0 amide bonds. The molecule has 104 valence electrons. The van der Waals surface area contributed by atoms with Crippen LogP contribution in [-0.2, 0) is 0 Å². The van der Waals surface area contributed by atoms with E-state index in [-0.39, 0.29) is 0 Å². The van der Waals surface area contributed by atoms with Crippen LogP contribution in [0.4, 0.5) is 0 Å². The first kappa shape index (κ1) is 13.0. The van der Waals surface area contributed by atoms with Gasteiger partial charge in [0, 0.05) is 29.8 Å². The Morgan fingerprint density at radius 3 is 2.63 bits per heavy atom. The van der Waals surface area contributed by atoms with Gasteiger partial charge < -0.3 is 10.2 Å². The van der Waals surface area contributed by atoms with E-state index < -0.39 is 0 Å². The molecule has 2 aliphatic heterocycles. The first-order valence-corrected chi connectivity index (χ1v) is 7.47. The van der Waals surface area contributed by atoms with Crippen molar-refractivity contribution in [1.82, 2.24) is 20.2 Å². The smallest absolute Gasteiger partial charge is 0.132 e. The lowest BCUT2D eigenvalue weighted by molar-refractivity contribution is 0.409. The third-order valence-corrected chi connectivity index (χ3v) is 4.41. The Balaban J connectivity index is 1.83. The first-order chi connectivity index (χ1) is 9.22. The van der Waals surface area contributed by atoms with Gasteiger partial charge in [-0.05, 0) is 58.9 Å². The van der Waals surface area contributed by atoms with Crippen LogP contribution in [0.15, 0.2) is 6.07 Å². The lowest BCUT2D eigenvalue weighted by Crippen LogP contribution is -2.28. The highest BCUT2D eigenvalue weighted by molar-refractivity contribution is 5.18. The van der Waals surface area contributed by atoms with Gasteiger partial charge in [0.15, 0.2) is 0 Å². The van der Waals surface area contributed by atoms with Crippen LogP contribution in [0.5, 0.6) is 0 Å². The normalized spacial score (nSPS) is 25.9. The maximum absolute atomic E-state index is 4.91. The molecule has 2 saturated heterocycles. The summed E-state index contributed by atoms with van der Waals surface area (Å²) >= 11 is 0. The number of piperidine rings is 1. The molecular weight excluding hydrogens is 236 g/mol. The molecule has 1 aromatic heterocycles. The number of likely N-dealkylation sites (tertiary alicyclic amines) is 1. The SMILES string of the molecule is Cc1cc(C2CCN(C)C2)nc(C2CCNCC2)n1. The minimum absolute atomic E-state index is 0.555. The van der Waals surface area contributed by atoms with Crippen LogP contribution in [0.1, 0.15) is 48.3 Å². The molecule has 3 heterocycles. The highest BCUT2D eigenvalue weighted by atomic mass is 15.1. The number of aromatic nitrogens is 2. The molecule has 0 bridgehead atoms. The van der Waals surface area contributed by atoms with Gasteiger partial charge in [0.1, 0.15) is 5.82 Å². The zero-order chi connectivity index (χ0) is 13.2. The Morgan fingerprint density at radius 1 is 1.16 bits per heavy atom. The summed E-state index contributed by atoms with van der Waals surface area (Å²) < 4.78 is 0. The van der Waals surface area contributed by atoms with E-state index >= 15 is 0 Å². The molecule has 3 rings (SSSR count). The summed E-state index contributed by atoms with van der Waals surface area (Å²) in [6, 6.07) is 2.19. The summed E-state index contributed by atoms with van der Waals surface area (Å²) in [5, 5.41) is 3.41. The molecule has 4 nitrogen and oxygen atoms in total. The Labute approximate surface area is 115 Å². The summed E-state index contributed by atoms with van der Waals surface area (Å²) in [7, 11) is 2.20.